The number of amides is 2. The van der Waals surface area contributed by atoms with Crippen LogP contribution in [-0.4, -0.2) is 51.2 Å². The summed E-state index contributed by atoms with van der Waals surface area (Å²) in [7, 11) is 1.33. The zero-order chi connectivity index (χ0) is 16.2. The lowest BCUT2D eigenvalue weighted by Crippen LogP contribution is -2.51. The second-order valence-corrected chi connectivity index (χ2v) is 5.44. The van der Waals surface area contributed by atoms with E-state index in [2.05, 4.69) is 15.5 Å². The number of nitrogens with zero attached hydrogens (tertiary/aromatic N) is 4. The molecule has 1 atom stereocenters. The Balaban J connectivity index is 1.67. The van der Waals surface area contributed by atoms with Gasteiger partial charge in [0.25, 0.3) is 0 Å². The SMILES string of the molecule is COC(=O)N1CCCCC1C(=O)NCc1nnc2ccccn12. The number of nitrogens with one attached hydrogen (secondary N) is 1. The minimum absolute atomic E-state index is 0.192. The number of hydrogen-bond donors (Lipinski definition) is 1. The highest BCUT2D eigenvalue weighted by Gasteiger charge is 2.32. The standard InChI is InChI=1S/C15H19N5O3/c1-23-15(22)19-8-4-2-6-11(19)14(21)16-10-13-18-17-12-7-3-5-9-20(12)13/h3,5,7,9,11H,2,4,6,8,10H2,1H3,(H,16,21). The van der Waals surface area contributed by atoms with Gasteiger partial charge in [0, 0.05) is 12.7 Å². The highest BCUT2D eigenvalue weighted by molar-refractivity contribution is 5.85. The summed E-state index contributed by atoms with van der Waals surface area (Å²) in [6, 6.07) is 5.11. The first kappa shape index (κ1) is 15.3. The van der Waals surface area contributed by atoms with E-state index in [0.29, 0.717) is 18.8 Å². The van der Waals surface area contributed by atoms with Crippen molar-refractivity contribution in [2.24, 2.45) is 0 Å². The summed E-state index contributed by atoms with van der Waals surface area (Å²) >= 11 is 0. The van der Waals surface area contributed by atoms with Crippen molar-refractivity contribution >= 4 is 17.6 Å². The summed E-state index contributed by atoms with van der Waals surface area (Å²) in [5.74, 6) is 0.456. The molecule has 0 aromatic carbocycles. The number of carbonyl (C=O) groups excluding carboxylic acids is 2. The van der Waals surface area contributed by atoms with E-state index in [4.69, 9.17) is 4.74 Å². The smallest absolute Gasteiger partial charge is 0.410 e. The molecular formula is C15H19N5O3. The molecule has 0 saturated carbocycles. The van der Waals surface area contributed by atoms with Gasteiger partial charge < -0.3 is 10.1 Å². The summed E-state index contributed by atoms with van der Waals surface area (Å²) in [5.41, 5.74) is 0.727. The van der Waals surface area contributed by atoms with Crippen molar-refractivity contribution in [2.75, 3.05) is 13.7 Å². The normalized spacial score (nSPS) is 18.0. The van der Waals surface area contributed by atoms with E-state index in [1.54, 1.807) is 0 Å². The van der Waals surface area contributed by atoms with Gasteiger partial charge in [-0.25, -0.2) is 4.79 Å². The quantitative estimate of drug-likeness (QED) is 0.911. The predicted octanol–water partition coefficient (Wildman–Crippen LogP) is 0.966. The van der Waals surface area contributed by atoms with Crippen LogP contribution in [0.25, 0.3) is 5.65 Å². The number of pyridine rings is 1. The van der Waals surface area contributed by atoms with Gasteiger partial charge in [-0.05, 0) is 31.4 Å². The summed E-state index contributed by atoms with van der Waals surface area (Å²) in [5, 5.41) is 11.0. The van der Waals surface area contributed by atoms with Gasteiger partial charge in [-0.1, -0.05) is 6.07 Å². The number of hydrogen-bond acceptors (Lipinski definition) is 5. The minimum Gasteiger partial charge on any atom is -0.453 e. The van der Waals surface area contributed by atoms with E-state index in [9.17, 15) is 9.59 Å². The van der Waals surface area contributed by atoms with E-state index >= 15 is 0 Å². The second-order valence-electron chi connectivity index (χ2n) is 5.44. The van der Waals surface area contributed by atoms with Crippen LogP contribution in [0.2, 0.25) is 0 Å². The molecule has 23 heavy (non-hydrogen) atoms. The number of rotatable bonds is 3. The number of aromatic nitrogens is 3. The van der Waals surface area contributed by atoms with E-state index in [1.165, 1.54) is 12.0 Å². The molecule has 0 spiro atoms. The fourth-order valence-corrected chi connectivity index (χ4v) is 2.84. The van der Waals surface area contributed by atoms with Crippen LogP contribution in [0.1, 0.15) is 25.1 Å². The average Bonchev–Trinajstić information content (AvgIpc) is 3.02. The molecule has 1 unspecified atom stereocenters. The van der Waals surface area contributed by atoms with E-state index in [0.717, 1.165) is 18.5 Å². The van der Waals surface area contributed by atoms with E-state index in [-0.39, 0.29) is 12.5 Å². The van der Waals surface area contributed by atoms with Crippen molar-refractivity contribution in [1.82, 2.24) is 24.8 Å². The van der Waals surface area contributed by atoms with Crippen molar-refractivity contribution < 1.29 is 14.3 Å². The van der Waals surface area contributed by atoms with Crippen LogP contribution in [0, 0.1) is 0 Å². The highest BCUT2D eigenvalue weighted by atomic mass is 16.5. The number of piperidine rings is 1. The molecule has 8 heteroatoms. The van der Waals surface area contributed by atoms with Crippen molar-refractivity contribution in [2.45, 2.75) is 31.8 Å². The van der Waals surface area contributed by atoms with Crippen LogP contribution in [-0.2, 0) is 16.1 Å². The fraction of sp³-hybridized carbons (Fsp3) is 0.467. The lowest BCUT2D eigenvalue weighted by atomic mass is 10.0. The average molecular weight is 317 g/mol. The van der Waals surface area contributed by atoms with Crippen LogP contribution >= 0.6 is 0 Å². The molecule has 0 aliphatic carbocycles. The number of likely N-dealkylation sites (tertiary alicyclic amines) is 1. The Bertz CT molecular complexity index is 714. The molecule has 0 radical (unpaired) electrons. The lowest BCUT2D eigenvalue weighted by molar-refractivity contribution is -0.127. The highest BCUT2D eigenvalue weighted by Crippen LogP contribution is 2.18. The van der Waals surface area contributed by atoms with E-state index in [1.807, 2.05) is 28.8 Å². The number of carbonyl (C=O) groups is 2. The van der Waals surface area contributed by atoms with Crippen LogP contribution in [0.3, 0.4) is 0 Å². The Morgan fingerprint density at radius 1 is 1.35 bits per heavy atom. The number of ether oxygens (including phenoxy) is 1. The molecule has 3 rings (SSSR count). The van der Waals surface area contributed by atoms with Gasteiger partial charge in [0.15, 0.2) is 11.5 Å². The lowest BCUT2D eigenvalue weighted by Gasteiger charge is -2.33. The molecular weight excluding hydrogens is 298 g/mol. The van der Waals surface area contributed by atoms with Crippen LogP contribution < -0.4 is 5.32 Å². The van der Waals surface area contributed by atoms with Gasteiger partial charge in [-0.2, -0.15) is 0 Å². The summed E-state index contributed by atoms with van der Waals surface area (Å²) in [4.78, 5) is 25.7. The first-order valence-corrected chi connectivity index (χ1v) is 7.61. The maximum atomic E-state index is 12.4. The third kappa shape index (κ3) is 3.10. The van der Waals surface area contributed by atoms with Gasteiger partial charge in [0.1, 0.15) is 6.04 Å². The van der Waals surface area contributed by atoms with Crippen molar-refractivity contribution in [3.05, 3.63) is 30.2 Å². The molecule has 1 aliphatic heterocycles. The molecule has 3 heterocycles. The van der Waals surface area contributed by atoms with Crippen molar-refractivity contribution in [3.8, 4) is 0 Å². The molecule has 1 fully saturated rings. The Kier molecular flexibility index (Phi) is 4.40. The van der Waals surface area contributed by atoms with Gasteiger partial charge >= 0.3 is 6.09 Å². The molecule has 8 nitrogen and oxygen atoms in total. The predicted molar refractivity (Wildman–Crippen MR) is 81.6 cm³/mol. The molecule has 0 bridgehead atoms. The van der Waals surface area contributed by atoms with Crippen molar-refractivity contribution in [1.29, 1.82) is 0 Å². The first-order chi connectivity index (χ1) is 11.2. The number of fused-ring (bicyclic) bond motifs is 1. The number of methoxy groups -OCH3 is 1. The zero-order valence-electron chi connectivity index (χ0n) is 12.9. The van der Waals surface area contributed by atoms with Crippen LogP contribution in [0.15, 0.2) is 24.4 Å². The Morgan fingerprint density at radius 3 is 3.04 bits per heavy atom. The van der Waals surface area contributed by atoms with Crippen LogP contribution in [0.4, 0.5) is 4.79 Å². The maximum Gasteiger partial charge on any atom is 0.410 e. The van der Waals surface area contributed by atoms with E-state index < -0.39 is 12.1 Å². The molecule has 122 valence electrons. The fourth-order valence-electron chi connectivity index (χ4n) is 2.84. The zero-order valence-corrected chi connectivity index (χ0v) is 12.9. The van der Waals surface area contributed by atoms with Gasteiger partial charge in [0.2, 0.25) is 5.91 Å². The molecule has 1 saturated heterocycles. The van der Waals surface area contributed by atoms with Crippen molar-refractivity contribution in [3.63, 3.8) is 0 Å². The Labute approximate surface area is 133 Å². The maximum absolute atomic E-state index is 12.4. The first-order valence-electron chi connectivity index (χ1n) is 7.61. The molecule has 1 N–H and O–H groups in total. The molecule has 2 amide bonds. The minimum atomic E-state index is -0.490. The van der Waals surface area contributed by atoms with Gasteiger partial charge in [0.05, 0.1) is 13.7 Å². The third-order valence-electron chi connectivity index (χ3n) is 4.02. The topological polar surface area (TPSA) is 88.8 Å². The Morgan fingerprint density at radius 2 is 2.22 bits per heavy atom. The summed E-state index contributed by atoms with van der Waals surface area (Å²) in [6.07, 6.45) is 3.82. The second kappa shape index (κ2) is 6.64. The summed E-state index contributed by atoms with van der Waals surface area (Å²) in [6.45, 7) is 0.800. The largest absolute Gasteiger partial charge is 0.453 e. The molecule has 2 aromatic heterocycles. The Hall–Kier alpha value is -2.64. The van der Waals surface area contributed by atoms with Gasteiger partial charge in [-0.15, -0.1) is 10.2 Å². The monoisotopic (exact) mass is 317 g/mol. The summed E-state index contributed by atoms with van der Waals surface area (Å²) < 4.78 is 6.58. The molecule has 2 aromatic rings. The van der Waals surface area contributed by atoms with Crippen LogP contribution in [0.5, 0.6) is 0 Å². The van der Waals surface area contributed by atoms with Gasteiger partial charge in [-0.3, -0.25) is 14.1 Å². The third-order valence-corrected chi connectivity index (χ3v) is 4.02. The molecule has 1 aliphatic rings.